The van der Waals surface area contributed by atoms with E-state index in [2.05, 4.69) is 4.98 Å². The van der Waals surface area contributed by atoms with Crippen LogP contribution in [0.3, 0.4) is 0 Å². The third-order valence-electron chi connectivity index (χ3n) is 3.52. The van der Waals surface area contributed by atoms with Crippen molar-refractivity contribution in [3.05, 3.63) is 23.9 Å². The summed E-state index contributed by atoms with van der Waals surface area (Å²) in [5.74, 6) is 1.18. The average molecular weight is 232 g/mol. The predicted octanol–water partition coefficient (Wildman–Crippen LogP) is 2.93. The van der Waals surface area contributed by atoms with Crippen molar-refractivity contribution in [2.75, 3.05) is 11.9 Å². The lowest BCUT2D eigenvalue weighted by atomic mass is 9.88. The summed E-state index contributed by atoms with van der Waals surface area (Å²) in [6, 6.07) is 3.91. The molecule has 0 spiro atoms. The van der Waals surface area contributed by atoms with Crippen molar-refractivity contribution in [1.29, 1.82) is 0 Å². The SMILES string of the molecule is Cc1ccc(N(C)C(=O)C2CCCCC2)nc1. The molecular formula is C14H20N2O. The summed E-state index contributed by atoms with van der Waals surface area (Å²) in [7, 11) is 1.83. The van der Waals surface area contributed by atoms with Gasteiger partial charge >= 0.3 is 0 Å². The fraction of sp³-hybridized carbons (Fsp3) is 0.571. The molecule has 2 rings (SSSR count). The first kappa shape index (κ1) is 12.1. The second-order valence-electron chi connectivity index (χ2n) is 4.93. The fourth-order valence-electron chi connectivity index (χ4n) is 2.39. The van der Waals surface area contributed by atoms with Crippen LogP contribution in [0.1, 0.15) is 37.7 Å². The van der Waals surface area contributed by atoms with Crippen molar-refractivity contribution >= 4 is 11.7 Å². The zero-order valence-electron chi connectivity index (χ0n) is 10.6. The summed E-state index contributed by atoms with van der Waals surface area (Å²) < 4.78 is 0. The number of pyridine rings is 1. The zero-order valence-corrected chi connectivity index (χ0v) is 10.6. The van der Waals surface area contributed by atoms with Crippen LogP contribution in [0.5, 0.6) is 0 Å². The van der Waals surface area contributed by atoms with Gasteiger partial charge in [-0.3, -0.25) is 9.69 Å². The highest BCUT2D eigenvalue weighted by atomic mass is 16.2. The smallest absolute Gasteiger partial charge is 0.230 e. The van der Waals surface area contributed by atoms with E-state index in [1.54, 1.807) is 11.1 Å². The van der Waals surface area contributed by atoms with Crippen molar-refractivity contribution < 1.29 is 4.79 Å². The van der Waals surface area contributed by atoms with Crippen LogP contribution in [0.15, 0.2) is 18.3 Å². The largest absolute Gasteiger partial charge is 0.300 e. The number of aryl methyl sites for hydroxylation is 1. The number of aromatic nitrogens is 1. The molecule has 1 saturated carbocycles. The van der Waals surface area contributed by atoms with Gasteiger partial charge in [-0.25, -0.2) is 4.98 Å². The zero-order chi connectivity index (χ0) is 12.3. The van der Waals surface area contributed by atoms with Gasteiger partial charge in [0.05, 0.1) is 0 Å². The molecule has 1 amide bonds. The molecule has 1 aliphatic rings. The second kappa shape index (κ2) is 5.30. The third kappa shape index (κ3) is 2.84. The summed E-state index contributed by atoms with van der Waals surface area (Å²) in [4.78, 5) is 18.3. The maximum absolute atomic E-state index is 12.3. The van der Waals surface area contributed by atoms with Crippen LogP contribution < -0.4 is 4.90 Å². The van der Waals surface area contributed by atoms with Gasteiger partial charge < -0.3 is 0 Å². The van der Waals surface area contributed by atoms with Gasteiger partial charge in [0.25, 0.3) is 0 Å². The first-order valence-corrected chi connectivity index (χ1v) is 6.38. The minimum absolute atomic E-state index is 0.205. The van der Waals surface area contributed by atoms with E-state index >= 15 is 0 Å². The number of hydrogen-bond donors (Lipinski definition) is 0. The van der Waals surface area contributed by atoms with Crippen molar-refractivity contribution in [2.24, 2.45) is 5.92 Å². The second-order valence-corrected chi connectivity index (χ2v) is 4.93. The number of nitrogens with zero attached hydrogens (tertiary/aromatic N) is 2. The van der Waals surface area contributed by atoms with E-state index in [4.69, 9.17) is 0 Å². The number of carbonyl (C=O) groups is 1. The van der Waals surface area contributed by atoms with E-state index in [9.17, 15) is 4.79 Å². The first-order valence-electron chi connectivity index (χ1n) is 6.38. The van der Waals surface area contributed by atoms with Crippen LogP contribution in [0.25, 0.3) is 0 Å². The van der Waals surface area contributed by atoms with Gasteiger partial charge in [0.2, 0.25) is 5.91 Å². The summed E-state index contributed by atoms with van der Waals surface area (Å²) in [5, 5.41) is 0. The van der Waals surface area contributed by atoms with Gasteiger partial charge in [-0.05, 0) is 31.4 Å². The quantitative estimate of drug-likeness (QED) is 0.785. The average Bonchev–Trinajstić information content (AvgIpc) is 2.39. The van der Waals surface area contributed by atoms with Crippen LogP contribution in [-0.4, -0.2) is 17.9 Å². The van der Waals surface area contributed by atoms with Crippen LogP contribution in [0.2, 0.25) is 0 Å². The topological polar surface area (TPSA) is 33.2 Å². The highest BCUT2D eigenvalue weighted by Crippen LogP contribution is 2.26. The molecule has 0 saturated heterocycles. The lowest BCUT2D eigenvalue weighted by molar-refractivity contribution is -0.123. The fourth-order valence-corrected chi connectivity index (χ4v) is 2.39. The van der Waals surface area contributed by atoms with Crippen LogP contribution in [-0.2, 0) is 4.79 Å². The Hall–Kier alpha value is -1.38. The Labute approximate surface area is 103 Å². The normalized spacial score (nSPS) is 16.8. The minimum Gasteiger partial charge on any atom is -0.300 e. The lowest BCUT2D eigenvalue weighted by Crippen LogP contribution is -2.34. The van der Waals surface area contributed by atoms with Gasteiger partial charge in [-0.15, -0.1) is 0 Å². The molecule has 1 heterocycles. The van der Waals surface area contributed by atoms with Crippen LogP contribution >= 0.6 is 0 Å². The highest BCUT2D eigenvalue weighted by molar-refractivity contribution is 5.93. The van der Waals surface area contributed by atoms with E-state index in [1.165, 1.54) is 19.3 Å². The molecule has 1 fully saturated rings. The molecule has 0 unspecified atom stereocenters. The van der Waals surface area contributed by atoms with Crippen molar-refractivity contribution in [3.63, 3.8) is 0 Å². The third-order valence-corrected chi connectivity index (χ3v) is 3.52. The van der Waals surface area contributed by atoms with Gasteiger partial charge in [0, 0.05) is 19.2 Å². The molecule has 1 aromatic rings. The molecule has 0 aliphatic heterocycles. The number of hydrogen-bond acceptors (Lipinski definition) is 2. The Bertz CT molecular complexity index is 380. The lowest BCUT2D eigenvalue weighted by Gasteiger charge is -2.25. The molecule has 0 aromatic carbocycles. The Morgan fingerprint density at radius 2 is 2.00 bits per heavy atom. The first-order chi connectivity index (χ1) is 8.18. The molecule has 1 aliphatic carbocycles. The number of amides is 1. The molecule has 0 bridgehead atoms. The van der Waals surface area contributed by atoms with Gasteiger partial charge in [-0.1, -0.05) is 25.3 Å². The Kier molecular flexibility index (Phi) is 3.77. The number of rotatable bonds is 2. The van der Waals surface area contributed by atoms with E-state index < -0.39 is 0 Å². The Morgan fingerprint density at radius 1 is 1.29 bits per heavy atom. The molecular weight excluding hydrogens is 212 g/mol. The molecule has 0 radical (unpaired) electrons. The molecule has 3 nitrogen and oxygen atoms in total. The maximum atomic E-state index is 12.3. The summed E-state index contributed by atoms with van der Waals surface area (Å²) >= 11 is 0. The standard InChI is InChI=1S/C14H20N2O/c1-11-8-9-13(15-10-11)16(2)14(17)12-6-4-3-5-7-12/h8-10,12H,3-7H2,1-2H3. The molecule has 3 heteroatoms. The molecule has 1 aromatic heterocycles. The summed E-state index contributed by atoms with van der Waals surface area (Å²) in [6.45, 7) is 2.00. The van der Waals surface area contributed by atoms with E-state index in [1.807, 2.05) is 26.1 Å². The molecule has 0 atom stereocenters. The van der Waals surface area contributed by atoms with Crippen LogP contribution in [0.4, 0.5) is 5.82 Å². The summed E-state index contributed by atoms with van der Waals surface area (Å²) in [6.07, 6.45) is 7.53. The Balaban J connectivity index is 2.05. The predicted molar refractivity (Wildman–Crippen MR) is 69.0 cm³/mol. The highest BCUT2D eigenvalue weighted by Gasteiger charge is 2.25. The van der Waals surface area contributed by atoms with E-state index in [-0.39, 0.29) is 11.8 Å². The van der Waals surface area contributed by atoms with Gasteiger partial charge in [0.1, 0.15) is 5.82 Å². The number of anilines is 1. The van der Waals surface area contributed by atoms with Crippen LogP contribution in [0, 0.1) is 12.8 Å². The van der Waals surface area contributed by atoms with E-state index in [0.717, 1.165) is 24.2 Å². The van der Waals surface area contributed by atoms with E-state index in [0.29, 0.717) is 0 Å². The van der Waals surface area contributed by atoms with Gasteiger partial charge in [0.15, 0.2) is 0 Å². The number of carbonyl (C=O) groups excluding carboxylic acids is 1. The van der Waals surface area contributed by atoms with Gasteiger partial charge in [-0.2, -0.15) is 0 Å². The summed E-state index contributed by atoms with van der Waals surface area (Å²) in [5.41, 5.74) is 1.12. The monoisotopic (exact) mass is 232 g/mol. The van der Waals surface area contributed by atoms with Crippen molar-refractivity contribution in [2.45, 2.75) is 39.0 Å². The molecule has 0 N–H and O–H groups in total. The molecule has 92 valence electrons. The Morgan fingerprint density at radius 3 is 2.59 bits per heavy atom. The molecule has 17 heavy (non-hydrogen) atoms. The van der Waals surface area contributed by atoms with Crippen molar-refractivity contribution in [3.8, 4) is 0 Å². The maximum Gasteiger partial charge on any atom is 0.230 e. The minimum atomic E-state index is 0.205. The van der Waals surface area contributed by atoms with Crippen molar-refractivity contribution in [1.82, 2.24) is 4.98 Å².